The minimum atomic E-state index is -3.33. The van der Waals surface area contributed by atoms with Crippen molar-refractivity contribution >= 4 is 21.4 Å². The molecule has 1 unspecified atom stereocenters. The van der Waals surface area contributed by atoms with Crippen LogP contribution in [0.2, 0.25) is 5.02 Å². The summed E-state index contributed by atoms with van der Waals surface area (Å²) in [5.74, 6) is 0.0557. The minimum absolute atomic E-state index is 0.0284. The number of piperidine rings is 1. The van der Waals surface area contributed by atoms with Gasteiger partial charge in [-0.05, 0) is 23.5 Å². The van der Waals surface area contributed by atoms with E-state index in [1.165, 1.54) is 0 Å². The number of nitrogens with zero attached hydrogens (tertiary/aromatic N) is 1. The van der Waals surface area contributed by atoms with Gasteiger partial charge in [-0.2, -0.15) is 0 Å². The summed E-state index contributed by atoms with van der Waals surface area (Å²) in [6, 6.07) is 5.49. The second-order valence-electron chi connectivity index (χ2n) is 6.73. The number of hydrogen-bond acceptors (Lipinski definition) is 4. The molecule has 2 N–H and O–H groups in total. The summed E-state index contributed by atoms with van der Waals surface area (Å²) in [5.41, 5.74) is 6.98. The Morgan fingerprint density at radius 2 is 2.09 bits per heavy atom. The van der Waals surface area contributed by atoms with Crippen LogP contribution >= 0.6 is 11.6 Å². The summed E-state index contributed by atoms with van der Waals surface area (Å²) in [6.07, 6.45) is 0.920. The highest BCUT2D eigenvalue weighted by atomic mass is 35.5. The Balaban J connectivity index is 2.30. The van der Waals surface area contributed by atoms with Gasteiger partial charge in [0.1, 0.15) is 0 Å². The Labute approximate surface area is 138 Å². The Morgan fingerprint density at radius 3 is 2.68 bits per heavy atom. The molecule has 2 rings (SSSR count). The van der Waals surface area contributed by atoms with Crippen LogP contribution in [0.4, 0.5) is 0 Å². The molecular formula is C16H25ClN2O2S. The first-order valence-electron chi connectivity index (χ1n) is 7.65. The fraction of sp³-hybridized carbons (Fsp3) is 0.625. The normalized spacial score (nSPS) is 22.7. The Bertz CT molecular complexity index is 644. The summed E-state index contributed by atoms with van der Waals surface area (Å²) >= 11 is 6.17. The molecule has 0 spiro atoms. The van der Waals surface area contributed by atoms with Crippen LogP contribution < -0.4 is 5.73 Å². The molecule has 0 bridgehead atoms. The van der Waals surface area contributed by atoms with Crippen molar-refractivity contribution in [3.05, 3.63) is 28.8 Å². The predicted octanol–water partition coefficient (Wildman–Crippen LogP) is 2.69. The molecule has 22 heavy (non-hydrogen) atoms. The lowest BCUT2D eigenvalue weighted by atomic mass is 9.79. The van der Waals surface area contributed by atoms with Gasteiger partial charge in [0.05, 0.1) is 15.7 Å². The Morgan fingerprint density at radius 1 is 1.41 bits per heavy atom. The van der Waals surface area contributed by atoms with Crippen LogP contribution in [0.1, 0.15) is 32.8 Å². The number of likely N-dealkylation sites (tertiary alicyclic amines) is 1. The topological polar surface area (TPSA) is 63.4 Å². The van der Waals surface area contributed by atoms with Gasteiger partial charge in [-0.1, -0.05) is 44.5 Å². The maximum Gasteiger partial charge on any atom is 0.179 e. The maximum absolute atomic E-state index is 12.3. The van der Waals surface area contributed by atoms with Gasteiger partial charge in [-0.25, -0.2) is 8.42 Å². The fourth-order valence-corrected chi connectivity index (χ4v) is 4.76. The molecule has 1 aliphatic rings. The summed E-state index contributed by atoms with van der Waals surface area (Å²) in [4.78, 5) is 2.55. The molecule has 0 aromatic heterocycles. The highest BCUT2D eigenvalue weighted by Gasteiger charge is 2.34. The summed E-state index contributed by atoms with van der Waals surface area (Å²) < 4.78 is 24.7. The second-order valence-corrected chi connectivity index (χ2v) is 9.35. The molecule has 1 heterocycles. The van der Waals surface area contributed by atoms with Gasteiger partial charge in [0.2, 0.25) is 0 Å². The van der Waals surface area contributed by atoms with Gasteiger partial charge in [0, 0.05) is 25.7 Å². The van der Waals surface area contributed by atoms with Crippen molar-refractivity contribution in [2.75, 3.05) is 18.8 Å². The zero-order valence-electron chi connectivity index (χ0n) is 13.5. The average molecular weight is 345 g/mol. The molecule has 6 heteroatoms. The first kappa shape index (κ1) is 17.7. The van der Waals surface area contributed by atoms with E-state index in [2.05, 4.69) is 18.7 Å². The standard InChI is InChI=1S/C16H25ClN2O2S/c1-4-22(20,21)15-12(6-5-7-13(15)17)10-19-9-8-14(18)16(2,3)11-19/h5-7,14H,4,8-11,18H2,1-3H3. The quantitative estimate of drug-likeness (QED) is 0.912. The maximum atomic E-state index is 12.3. The molecule has 0 saturated carbocycles. The van der Waals surface area contributed by atoms with Crippen LogP contribution in [-0.4, -0.2) is 38.2 Å². The number of halogens is 1. The summed E-state index contributed by atoms with van der Waals surface area (Å²) in [7, 11) is -3.33. The van der Waals surface area contributed by atoms with Crippen molar-refractivity contribution in [1.82, 2.24) is 4.90 Å². The number of benzene rings is 1. The van der Waals surface area contributed by atoms with Gasteiger partial charge in [0.15, 0.2) is 9.84 Å². The molecule has 0 amide bonds. The monoisotopic (exact) mass is 344 g/mol. The van der Waals surface area contributed by atoms with Gasteiger partial charge in [-0.3, -0.25) is 4.90 Å². The molecule has 1 saturated heterocycles. The molecule has 124 valence electrons. The Hall–Kier alpha value is -0.620. The third-order valence-electron chi connectivity index (χ3n) is 4.52. The lowest BCUT2D eigenvalue weighted by Gasteiger charge is -2.42. The lowest BCUT2D eigenvalue weighted by molar-refractivity contribution is 0.0893. The first-order valence-corrected chi connectivity index (χ1v) is 9.68. The molecular weight excluding hydrogens is 320 g/mol. The molecule has 1 fully saturated rings. The molecule has 4 nitrogen and oxygen atoms in total. The van der Waals surface area contributed by atoms with E-state index in [1.54, 1.807) is 13.0 Å². The van der Waals surface area contributed by atoms with Crippen molar-refractivity contribution in [1.29, 1.82) is 0 Å². The van der Waals surface area contributed by atoms with Gasteiger partial charge >= 0.3 is 0 Å². The summed E-state index contributed by atoms with van der Waals surface area (Å²) in [6.45, 7) is 8.28. The molecule has 1 atom stereocenters. The zero-order chi connectivity index (χ0) is 16.5. The van der Waals surface area contributed by atoms with Crippen molar-refractivity contribution in [2.45, 2.75) is 44.7 Å². The third kappa shape index (κ3) is 3.65. The van der Waals surface area contributed by atoms with Crippen LogP contribution in [0.15, 0.2) is 23.1 Å². The smallest absolute Gasteiger partial charge is 0.179 e. The van der Waals surface area contributed by atoms with Crippen LogP contribution in [0.25, 0.3) is 0 Å². The molecule has 1 aromatic carbocycles. The molecule has 0 aliphatic carbocycles. The highest BCUT2D eigenvalue weighted by molar-refractivity contribution is 7.91. The van der Waals surface area contributed by atoms with Crippen LogP contribution in [0.5, 0.6) is 0 Å². The molecule has 1 aliphatic heterocycles. The third-order valence-corrected chi connectivity index (χ3v) is 6.82. The van der Waals surface area contributed by atoms with E-state index in [-0.39, 0.29) is 22.1 Å². The van der Waals surface area contributed by atoms with Crippen molar-refractivity contribution < 1.29 is 8.42 Å². The number of sulfone groups is 1. The Kier molecular flexibility index (Phi) is 5.22. The first-order chi connectivity index (χ1) is 10.2. The zero-order valence-corrected chi connectivity index (χ0v) is 15.0. The predicted molar refractivity (Wildman–Crippen MR) is 90.8 cm³/mol. The second kappa shape index (κ2) is 6.48. The number of hydrogen-bond donors (Lipinski definition) is 1. The molecule has 1 aromatic rings. The fourth-order valence-electron chi connectivity index (χ4n) is 3.03. The lowest BCUT2D eigenvalue weighted by Crippen LogP contribution is -2.52. The van der Waals surface area contributed by atoms with Gasteiger partial charge in [0.25, 0.3) is 0 Å². The van der Waals surface area contributed by atoms with Gasteiger partial charge < -0.3 is 5.73 Å². The van der Waals surface area contributed by atoms with Crippen molar-refractivity contribution in [2.24, 2.45) is 11.1 Å². The minimum Gasteiger partial charge on any atom is -0.327 e. The van der Waals surface area contributed by atoms with Crippen LogP contribution in [0.3, 0.4) is 0 Å². The number of rotatable bonds is 4. The number of nitrogens with two attached hydrogens (primary N) is 1. The SMILES string of the molecule is CCS(=O)(=O)c1c(Cl)cccc1CN1CCC(N)C(C)(C)C1. The van der Waals surface area contributed by atoms with Gasteiger partial charge in [-0.15, -0.1) is 0 Å². The van der Waals surface area contributed by atoms with E-state index < -0.39 is 9.84 Å². The van der Waals surface area contributed by atoms with Crippen molar-refractivity contribution in [3.8, 4) is 0 Å². The van der Waals surface area contributed by atoms with Crippen LogP contribution in [0, 0.1) is 5.41 Å². The highest BCUT2D eigenvalue weighted by Crippen LogP contribution is 2.31. The van der Waals surface area contributed by atoms with Crippen molar-refractivity contribution in [3.63, 3.8) is 0 Å². The van der Waals surface area contributed by atoms with E-state index >= 15 is 0 Å². The van der Waals surface area contributed by atoms with E-state index in [1.807, 2.05) is 12.1 Å². The van der Waals surface area contributed by atoms with E-state index in [9.17, 15) is 8.42 Å². The van der Waals surface area contributed by atoms with E-state index in [0.29, 0.717) is 11.6 Å². The van der Waals surface area contributed by atoms with E-state index in [0.717, 1.165) is 25.1 Å². The van der Waals surface area contributed by atoms with E-state index in [4.69, 9.17) is 17.3 Å². The largest absolute Gasteiger partial charge is 0.327 e. The average Bonchev–Trinajstić information content (AvgIpc) is 2.42. The molecule has 0 radical (unpaired) electrons. The summed E-state index contributed by atoms with van der Waals surface area (Å²) in [5, 5.41) is 0.312. The van der Waals surface area contributed by atoms with Crippen LogP contribution in [-0.2, 0) is 16.4 Å².